The summed E-state index contributed by atoms with van der Waals surface area (Å²) in [6.07, 6.45) is 3.01. The van der Waals surface area contributed by atoms with Crippen molar-refractivity contribution in [1.82, 2.24) is 10.2 Å². The Labute approximate surface area is 167 Å². The summed E-state index contributed by atoms with van der Waals surface area (Å²) in [5.74, 6) is -0.0413. The molecule has 148 valence electrons. The highest BCUT2D eigenvalue weighted by atomic mass is 16.2. The van der Waals surface area contributed by atoms with E-state index in [0.717, 1.165) is 41.9 Å². The van der Waals surface area contributed by atoms with E-state index in [9.17, 15) is 9.59 Å². The fraction of sp³-hybridized carbons (Fsp3) is 0.417. The molecule has 4 heteroatoms. The quantitative estimate of drug-likeness (QED) is 0.701. The predicted molar refractivity (Wildman–Crippen MR) is 112 cm³/mol. The third kappa shape index (κ3) is 5.52. The summed E-state index contributed by atoms with van der Waals surface area (Å²) >= 11 is 0. The Morgan fingerprint density at radius 2 is 1.68 bits per heavy atom. The lowest BCUT2D eigenvalue weighted by Crippen LogP contribution is -2.25. The highest BCUT2D eigenvalue weighted by Gasteiger charge is 2.15. The van der Waals surface area contributed by atoms with Gasteiger partial charge in [-0.3, -0.25) is 14.5 Å². The zero-order valence-corrected chi connectivity index (χ0v) is 17.0. The monoisotopic (exact) mass is 378 g/mol. The van der Waals surface area contributed by atoms with Gasteiger partial charge in [0.05, 0.1) is 0 Å². The summed E-state index contributed by atoms with van der Waals surface area (Å²) in [5, 5.41) is 2.99. The largest absolute Gasteiger partial charge is 0.352 e. The summed E-state index contributed by atoms with van der Waals surface area (Å²) in [5.41, 5.74) is 5.18. The molecular formula is C24H30N2O2. The van der Waals surface area contributed by atoms with Gasteiger partial charge in [0.1, 0.15) is 0 Å². The molecule has 0 bridgehead atoms. The second-order valence-electron chi connectivity index (χ2n) is 7.77. The third-order valence-corrected chi connectivity index (χ3v) is 5.46. The number of likely N-dealkylation sites (tertiary alicyclic amines) is 1. The standard InChI is InChI=1S/C24H30N2O2/c1-18-9-10-19(2)22(15-18)23(27)11-12-24(28)25-16-20-7-3-4-8-21(20)17-26-13-5-6-14-26/h3-4,7-10,15H,5-6,11-14,16-17H2,1-2H3,(H,25,28). The highest BCUT2D eigenvalue weighted by molar-refractivity contribution is 5.99. The zero-order valence-electron chi connectivity index (χ0n) is 17.0. The van der Waals surface area contributed by atoms with Gasteiger partial charge in [-0.1, -0.05) is 42.0 Å². The molecular weight excluding hydrogens is 348 g/mol. The summed E-state index contributed by atoms with van der Waals surface area (Å²) < 4.78 is 0. The minimum Gasteiger partial charge on any atom is -0.352 e. The number of amides is 1. The average Bonchev–Trinajstić information content (AvgIpc) is 3.20. The molecule has 0 aromatic heterocycles. The van der Waals surface area contributed by atoms with Gasteiger partial charge in [0.25, 0.3) is 0 Å². The van der Waals surface area contributed by atoms with Crippen LogP contribution in [0, 0.1) is 13.8 Å². The van der Waals surface area contributed by atoms with Crippen LogP contribution in [0.1, 0.15) is 58.3 Å². The first-order valence-corrected chi connectivity index (χ1v) is 10.2. The summed E-state index contributed by atoms with van der Waals surface area (Å²) in [6, 6.07) is 14.2. The lowest BCUT2D eigenvalue weighted by atomic mass is 9.99. The topological polar surface area (TPSA) is 49.4 Å². The van der Waals surface area contributed by atoms with E-state index in [0.29, 0.717) is 6.54 Å². The van der Waals surface area contributed by atoms with E-state index in [2.05, 4.69) is 28.4 Å². The number of benzene rings is 2. The minimum absolute atomic E-state index is 0.0331. The van der Waals surface area contributed by atoms with Crippen LogP contribution >= 0.6 is 0 Å². The Hall–Kier alpha value is -2.46. The van der Waals surface area contributed by atoms with Crippen LogP contribution in [0.25, 0.3) is 0 Å². The number of rotatable bonds is 8. The zero-order chi connectivity index (χ0) is 19.9. The molecule has 1 fully saturated rings. The second-order valence-corrected chi connectivity index (χ2v) is 7.77. The number of hydrogen-bond acceptors (Lipinski definition) is 3. The number of ketones is 1. The smallest absolute Gasteiger partial charge is 0.220 e. The van der Waals surface area contributed by atoms with Crippen LogP contribution in [0.4, 0.5) is 0 Å². The van der Waals surface area contributed by atoms with Crippen LogP contribution in [0.5, 0.6) is 0 Å². The molecule has 0 aliphatic carbocycles. The van der Waals surface area contributed by atoms with Crippen molar-refractivity contribution in [3.8, 4) is 0 Å². The fourth-order valence-corrected chi connectivity index (χ4v) is 3.75. The molecule has 4 nitrogen and oxygen atoms in total. The molecule has 0 radical (unpaired) electrons. The highest BCUT2D eigenvalue weighted by Crippen LogP contribution is 2.17. The van der Waals surface area contributed by atoms with Gasteiger partial charge >= 0.3 is 0 Å². The van der Waals surface area contributed by atoms with Gasteiger partial charge in [0, 0.05) is 31.5 Å². The van der Waals surface area contributed by atoms with Crippen molar-refractivity contribution in [2.45, 2.75) is 52.6 Å². The van der Waals surface area contributed by atoms with Crippen molar-refractivity contribution < 1.29 is 9.59 Å². The van der Waals surface area contributed by atoms with Crippen molar-refractivity contribution in [3.63, 3.8) is 0 Å². The van der Waals surface area contributed by atoms with E-state index >= 15 is 0 Å². The Kier molecular flexibility index (Phi) is 6.99. The summed E-state index contributed by atoms with van der Waals surface area (Å²) in [4.78, 5) is 27.2. The van der Waals surface area contributed by atoms with Gasteiger partial charge in [-0.2, -0.15) is 0 Å². The molecule has 0 unspecified atom stereocenters. The molecule has 1 aliphatic rings. The lowest BCUT2D eigenvalue weighted by molar-refractivity contribution is -0.121. The van der Waals surface area contributed by atoms with Crippen LogP contribution < -0.4 is 5.32 Å². The maximum Gasteiger partial charge on any atom is 0.220 e. The number of carbonyl (C=O) groups excluding carboxylic acids is 2. The third-order valence-electron chi connectivity index (χ3n) is 5.46. The van der Waals surface area contributed by atoms with E-state index in [1.54, 1.807) is 0 Å². The molecule has 0 saturated carbocycles. The first-order valence-electron chi connectivity index (χ1n) is 10.2. The van der Waals surface area contributed by atoms with E-state index in [-0.39, 0.29) is 24.5 Å². The Bertz CT molecular complexity index is 838. The average molecular weight is 379 g/mol. The van der Waals surface area contributed by atoms with Crippen molar-refractivity contribution in [3.05, 3.63) is 70.3 Å². The minimum atomic E-state index is -0.0744. The van der Waals surface area contributed by atoms with E-state index in [1.807, 2.05) is 38.1 Å². The molecule has 1 amide bonds. The van der Waals surface area contributed by atoms with Gasteiger partial charge in [-0.25, -0.2) is 0 Å². The number of carbonyl (C=O) groups is 2. The first-order chi connectivity index (χ1) is 13.5. The molecule has 28 heavy (non-hydrogen) atoms. The van der Waals surface area contributed by atoms with E-state index in [4.69, 9.17) is 0 Å². The number of nitrogens with one attached hydrogen (secondary N) is 1. The Morgan fingerprint density at radius 1 is 0.964 bits per heavy atom. The molecule has 2 aromatic rings. The maximum absolute atomic E-state index is 12.5. The second kappa shape index (κ2) is 9.65. The normalized spacial score (nSPS) is 14.2. The van der Waals surface area contributed by atoms with Gasteiger partial charge in [0.2, 0.25) is 5.91 Å². The SMILES string of the molecule is Cc1ccc(C)c(C(=O)CCC(=O)NCc2ccccc2CN2CCCC2)c1. The lowest BCUT2D eigenvalue weighted by Gasteiger charge is -2.17. The van der Waals surface area contributed by atoms with Gasteiger partial charge in [-0.05, 0) is 62.5 Å². The molecule has 3 rings (SSSR count). The summed E-state index contributed by atoms with van der Waals surface area (Å²) in [7, 11) is 0. The van der Waals surface area contributed by atoms with Crippen molar-refractivity contribution in [2.75, 3.05) is 13.1 Å². The molecule has 1 heterocycles. The number of nitrogens with zero attached hydrogens (tertiary/aromatic N) is 1. The molecule has 2 aromatic carbocycles. The van der Waals surface area contributed by atoms with Crippen LogP contribution in [0.2, 0.25) is 0 Å². The number of Topliss-reactive ketones (excluding diaryl/α,β-unsaturated/α-hetero) is 1. The predicted octanol–water partition coefficient (Wildman–Crippen LogP) is 4.18. The van der Waals surface area contributed by atoms with Crippen molar-refractivity contribution in [1.29, 1.82) is 0 Å². The molecule has 1 saturated heterocycles. The number of hydrogen-bond donors (Lipinski definition) is 1. The summed E-state index contributed by atoms with van der Waals surface area (Å²) in [6.45, 7) is 7.67. The van der Waals surface area contributed by atoms with E-state index in [1.165, 1.54) is 18.4 Å². The van der Waals surface area contributed by atoms with Gasteiger partial charge < -0.3 is 5.32 Å². The maximum atomic E-state index is 12.5. The van der Waals surface area contributed by atoms with Crippen LogP contribution in [-0.4, -0.2) is 29.7 Å². The van der Waals surface area contributed by atoms with Gasteiger partial charge in [-0.15, -0.1) is 0 Å². The molecule has 1 aliphatic heterocycles. The number of aryl methyl sites for hydroxylation is 2. The Balaban J connectivity index is 1.50. The van der Waals surface area contributed by atoms with Crippen molar-refractivity contribution >= 4 is 11.7 Å². The van der Waals surface area contributed by atoms with Crippen LogP contribution in [-0.2, 0) is 17.9 Å². The van der Waals surface area contributed by atoms with Crippen LogP contribution in [0.15, 0.2) is 42.5 Å². The van der Waals surface area contributed by atoms with Gasteiger partial charge in [0.15, 0.2) is 5.78 Å². The van der Waals surface area contributed by atoms with Crippen molar-refractivity contribution in [2.24, 2.45) is 0 Å². The van der Waals surface area contributed by atoms with E-state index < -0.39 is 0 Å². The molecule has 1 N–H and O–H groups in total. The Morgan fingerprint density at radius 3 is 2.43 bits per heavy atom. The first kappa shape index (κ1) is 20.3. The fourth-order valence-electron chi connectivity index (χ4n) is 3.75. The molecule has 0 spiro atoms. The van der Waals surface area contributed by atoms with Crippen LogP contribution in [0.3, 0.4) is 0 Å². The molecule has 0 atom stereocenters.